The number of unbranched alkanes of at least 4 members (excludes halogenated alkanes) is 3. The van der Waals surface area contributed by atoms with Crippen LogP contribution in [0.1, 0.15) is 46.5 Å². The Labute approximate surface area is 108 Å². The highest BCUT2D eigenvalue weighted by atomic mass is 16.6. The molecular formula is C12H24N2O4. The monoisotopic (exact) mass is 260 g/mol. The summed E-state index contributed by atoms with van der Waals surface area (Å²) in [5.74, 6) is 0. The van der Waals surface area contributed by atoms with E-state index in [1.165, 1.54) is 0 Å². The van der Waals surface area contributed by atoms with Gasteiger partial charge in [-0.3, -0.25) is 0 Å². The van der Waals surface area contributed by atoms with Crippen molar-refractivity contribution in [2.24, 2.45) is 5.73 Å². The van der Waals surface area contributed by atoms with Crippen LogP contribution in [0, 0.1) is 0 Å². The Kier molecular flexibility index (Phi) is 7.91. The van der Waals surface area contributed by atoms with Gasteiger partial charge < -0.3 is 20.5 Å². The predicted octanol–water partition coefficient (Wildman–Crippen LogP) is 2.17. The number of amides is 2. The number of hydrogen-bond donors (Lipinski definition) is 2. The van der Waals surface area contributed by atoms with Crippen molar-refractivity contribution in [3.05, 3.63) is 0 Å². The van der Waals surface area contributed by atoms with Crippen molar-refractivity contribution in [3.8, 4) is 0 Å². The molecule has 0 saturated heterocycles. The molecular weight excluding hydrogens is 236 g/mol. The molecule has 0 radical (unpaired) electrons. The van der Waals surface area contributed by atoms with Gasteiger partial charge in [-0.15, -0.1) is 0 Å². The van der Waals surface area contributed by atoms with Crippen LogP contribution in [0.3, 0.4) is 0 Å². The van der Waals surface area contributed by atoms with E-state index in [2.05, 4.69) is 10.1 Å². The second kappa shape index (κ2) is 8.60. The van der Waals surface area contributed by atoms with Gasteiger partial charge in [0.1, 0.15) is 5.60 Å². The molecule has 0 bridgehead atoms. The maximum absolute atomic E-state index is 11.3. The first-order chi connectivity index (χ1) is 8.31. The largest absolute Gasteiger partial charge is 0.450 e. The molecule has 0 aromatic carbocycles. The van der Waals surface area contributed by atoms with Crippen LogP contribution in [-0.4, -0.2) is 30.9 Å². The third-order valence-corrected chi connectivity index (χ3v) is 1.98. The first kappa shape index (κ1) is 16.5. The third kappa shape index (κ3) is 12.6. The van der Waals surface area contributed by atoms with Crippen LogP contribution in [-0.2, 0) is 9.47 Å². The van der Waals surface area contributed by atoms with E-state index in [-0.39, 0.29) is 6.09 Å². The Balaban J connectivity index is 3.30. The zero-order chi connectivity index (χ0) is 14.0. The van der Waals surface area contributed by atoms with Gasteiger partial charge in [0, 0.05) is 6.54 Å². The number of alkyl carbamates (subject to hydrolysis) is 1. The minimum Gasteiger partial charge on any atom is -0.450 e. The molecule has 0 spiro atoms. The van der Waals surface area contributed by atoms with Gasteiger partial charge in [0.2, 0.25) is 0 Å². The summed E-state index contributed by atoms with van der Waals surface area (Å²) >= 11 is 0. The van der Waals surface area contributed by atoms with Gasteiger partial charge in [-0.1, -0.05) is 6.42 Å². The van der Waals surface area contributed by atoms with E-state index < -0.39 is 11.7 Å². The molecule has 6 heteroatoms. The van der Waals surface area contributed by atoms with Crippen LogP contribution in [0.2, 0.25) is 0 Å². The molecule has 0 rings (SSSR count). The zero-order valence-corrected chi connectivity index (χ0v) is 11.5. The molecule has 3 N–H and O–H groups in total. The number of primary amides is 1. The molecule has 0 heterocycles. The number of carbonyl (C=O) groups excluding carboxylic acids is 2. The zero-order valence-electron chi connectivity index (χ0n) is 11.5. The molecule has 0 atom stereocenters. The van der Waals surface area contributed by atoms with E-state index in [9.17, 15) is 9.59 Å². The summed E-state index contributed by atoms with van der Waals surface area (Å²) in [6, 6.07) is 0. The summed E-state index contributed by atoms with van der Waals surface area (Å²) in [6.07, 6.45) is 2.42. The second-order valence-electron chi connectivity index (χ2n) is 5.01. The van der Waals surface area contributed by atoms with E-state index in [4.69, 9.17) is 10.5 Å². The van der Waals surface area contributed by atoms with Crippen LogP contribution in [0.4, 0.5) is 9.59 Å². The fraction of sp³-hybridized carbons (Fsp3) is 0.833. The molecule has 0 aromatic heterocycles. The smallest absolute Gasteiger partial charge is 0.407 e. The summed E-state index contributed by atoms with van der Waals surface area (Å²) in [7, 11) is 0. The summed E-state index contributed by atoms with van der Waals surface area (Å²) < 4.78 is 9.68. The lowest BCUT2D eigenvalue weighted by Crippen LogP contribution is -2.32. The molecule has 6 nitrogen and oxygen atoms in total. The van der Waals surface area contributed by atoms with Gasteiger partial charge >= 0.3 is 12.2 Å². The van der Waals surface area contributed by atoms with E-state index in [0.29, 0.717) is 13.2 Å². The fourth-order valence-electron chi connectivity index (χ4n) is 1.26. The number of nitrogens with two attached hydrogens (primary N) is 1. The van der Waals surface area contributed by atoms with Gasteiger partial charge in [-0.2, -0.15) is 0 Å². The molecule has 2 amide bonds. The van der Waals surface area contributed by atoms with Crippen molar-refractivity contribution in [2.75, 3.05) is 13.2 Å². The quantitative estimate of drug-likeness (QED) is 0.686. The summed E-state index contributed by atoms with van der Waals surface area (Å²) in [5.41, 5.74) is 4.35. The van der Waals surface area contributed by atoms with Crippen LogP contribution < -0.4 is 11.1 Å². The van der Waals surface area contributed by atoms with Crippen molar-refractivity contribution in [3.63, 3.8) is 0 Å². The molecule has 106 valence electrons. The van der Waals surface area contributed by atoms with E-state index in [0.717, 1.165) is 25.7 Å². The van der Waals surface area contributed by atoms with Crippen LogP contribution in [0.5, 0.6) is 0 Å². The minimum atomic E-state index is -0.735. The van der Waals surface area contributed by atoms with Gasteiger partial charge in [0.25, 0.3) is 0 Å². The van der Waals surface area contributed by atoms with Gasteiger partial charge in [-0.05, 0) is 40.0 Å². The number of nitrogens with one attached hydrogen (secondary N) is 1. The fourth-order valence-corrected chi connectivity index (χ4v) is 1.26. The van der Waals surface area contributed by atoms with Crippen LogP contribution >= 0.6 is 0 Å². The SMILES string of the molecule is CC(C)(C)OC(=O)NCCCCCCOC(N)=O. The predicted molar refractivity (Wildman–Crippen MR) is 68.2 cm³/mol. The van der Waals surface area contributed by atoms with E-state index in [1.807, 2.05) is 20.8 Å². The molecule has 0 unspecified atom stereocenters. The van der Waals surface area contributed by atoms with Gasteiger partial charge in [-0.25, -0.2) is 9.59 Å². The number of hydrogen-bond acceptors (Lipinski definition) is 4. The van der Waals surface area contributed by atoms with E-state index >= 15 is 0 Å². The van der Waals surface area contributed by atoms with Gasteiger partial charge in [0.05, 0.1) is 6.61 Å². The van der Waals surface area contributed by atoms with Crippen molar-refractivity contribution in [2.45, 2.75) is 52.1 Å². The first-order valence-electron chi connectivity index (χ1n) is 6.20. The van der Waals surface area contributed by atoms with Crippen molar-refractivity contribution >= 4 is 12.2 Å². The van der Waals surface area contributed by atoms with Gasteiger partial charge in [0.15, 0.2) is 0 Å². The summed E-state index contributed by atoms with van der Waals surface area (Å²) in [6.45, 7) is 6.42. The van der Waals surface area contributed by atoms with Crippen molar-refractivity contribution in [1.82, 2.24) is 5.32 Å². The average molecular weight is 260 g/mol. The maximum atomic E-state index is 11.3. The standard InChI is InChI=1S/C12H24N2O4/c1-12(2,3)18-11(16)14-8-6-4-5-7-9-17-10(13)15/h4-9H2,1-3H3,(H2,13,15)(H,14,16). The molecule has 0 aliphatic heterocycles. The maximum Gasteiger partial charge on any atom is 0.407 e. The normalized spacial score (nSPS) is 10.8. The van der Waals surface area contributed by atoms with Crippen molar-refractivity contribution in [1.29, 1.82) is 0 Å². The number of carbonyl (C=O) groups is 2. The lowest BCUT2D eigenvalue weighted by atomic mass is 10.2. The molecule has 0 fully saturated rings. The topological polar surface area (TPSA) is 90.7 Å². The lowest BCUT2D eigenvalue weighted by molar-refractivity contribution is 0.0526. The Morgan fingerprint density at radius 1 is 1.11 bits per heavy atom. The average Bonchev–Trinajstić information content (AvgIpc) is 2.18. The minimum absolute atomic E-state index is 0.356. The second-order valence-corrected chi connectivity index (χ2v) is 5.01. The number of rotatable bonds is 7. The Morgan fingerprint density at radius 2 is 1.72 bits per heavy atom. The Morgan fingerprint density at radius 3 is 2.28 bits per heavy atom. The highest BCUT2D eigenvalue weighted by molar-refractivity contribution is 5.67. The molecule has 18 heavy (non-hydrogen) atoms. The Hall–Kier alpha value is -1.46. The number of ether oxygens (including phenoxy) is 2. The molecule has 0 aliphatic rings. The van der Waals surface area contributed by atoms with Crippen LogP contribution in [0.25, 0.3) is 0 Å². The van der Waals surface area contributed by atoms with Crippen molar-refractivity contribution < 1.29 is 19.1 Å². The van der Waals surface area contributed by atoms with Crippen LogP contribution in [0.15, 0.2) is 0 Å². The lowest BCUT2D eigenvalue weighted by Gasteiger charge is -2.19. The highest BCUT2D eigenvalue weighted by Crippen LogP contribution is 2.06. The Bertz CT molecular complexity index is 261. The van der Waals surface area contributed by atoms with E-state index in [1.54, 1.807) is 0 Å². The molecule has 0 aromatic rings. The molecule has 0 saturated carbocycles. The highest BCUT2D eigenvalue weighted by Gasteiger charge is 2.15. The third-order valence-electron chi connectivity index (χ3n) is 1.98. The summed E-state index contributed by atoms with van der Waals surface area (Å²) in [4.78, 5) is 21.5. The molecule has 0 aliphatic carbocycles. The first-order valence-corrected chi connectivity index (χ1v) is 6.20. The summed E-state index contributed by atoms with van der Waals surface area (Å²) in [5, 5.41) is 2.68.